The van der Waals surface area contributed by atoms with E-state index in [1.54, 1.807) is 12.1 Å². The molecule has 0 unspecified atom stereocenters. The van der Waals surface area contributed by atoms with E-state index in [0.29, 0.717) is 0 Å². The summed E-state index contributed by atoms with van der Waals surface area (Å²) in [4.78, 5) is 10.0. The van der Waals surface area contributed by atoms with Crippen LogP contribution in [0.1, 0.15) is 19.8 Å². The number of nitro benzene ring substituents is 1. The Bertz CT molecular complexity index is 297. The summed E-state index contributed by atoms with van der Waals surface area (Å²) in [5.41, 5.74) is 0.191. The Balaban J connectivity index is 2.51. The van der Waals surface area contributed by atoms with Crippen molar-refractivity contribution in [1.82, 2.24) is 0 Å². The first-order valence-electron chi connectivity index (χ1n) is 4.61. The van der Waals surface area contributed by atoms with Gasteiger partial charge in [0.05, 0.1) is 0 Å². The van der Waals surface area contributed by atoms with Crippen molar-refractivity contribution in [3.05, 3.63) is 34.4 Å². The molecule has 0 saturated heterocycles. The van der Waals surface area contributed by atoms with E-state index in [0.717, 1.165) is 0 Å². The number of nitrogens with zero attached hydrogens (tertiary/aromatic N) is 1. The van der Waals surface area contributed by atoms with E-state index >= 15 is 0 Å². The van der Waals surface area contributed by atoms with Crippen molar-refractivity contribution >= 4 is 30.2 Å². The fourth-order valence-corrected chi connectivity index (χ4v) is 3.84. The second-order valence-corrected chi connectivity index (χ2v) is 6.29. The van der Waals surface area contributed by atoms with Crippen molar-refractivity contribution < 1.29 is 4.92 Å². The molecule has 1 aromatic carbocycles. The molecule has 0 spiro atoms. The fourth-order valence-electron chi connectivity index (χ4n) is 0.998. The second kappa shape index (κ2) is 6.00. The molecule has 0 amide bonds. The third-order valence-electron chi connectivity index (χ3n) is 1.81. The molecule has 0 aromatic heterocycles. The zero-order valence-corrected chi connectivity index (χ0v) is 10.4. The normalized spacial score (nSPS) is 10.1. The van der Waals surface area contributed by atoms with E-state index in [-0.39, 0.29) is 31.5 Å². The Morgan fingerprint density at radius 3 is 2.50 bits per heavy atom. The van der Waals surface area contributed by atoms with Crippen molar-refractivity contribution in [2.45, 2.75) is 24.2 Å². The van der Waals surface area contributed by atoms with Crippen LogP contribution >= 0.6 is 0 Å². The van der Waals surface area contributed by atoms with Crippen LogP contribution in [0.15, 0.2) is 24.3 Å². The van der Waals surface area contributed by atoms with Crippen molar-refractivity contribution in [2.75, 3.05) is 0 Å². The molecule has 1 rings (SSSR count). The van der Waals surface area contributed by atoms with Crippen LogP contribution in [0.3, 0.4) is 0 Å². The molecule has 0 N–H and O–H groups in total. The number of nitro groups is 1. The average molecular weight is 307 g/mol. The molecule has 14 heavy (non-hydrogen) atoms. The van der Waals surface area contributed by atoms with Gasteiger partial charge in [-0.15, -0.1) is 0 Å². The van der Waals surface area contributed by atoms with Gasteiger partial charge in [-0.3, -0.25) is 0 Å². The van der Waals surface area contributed by atoms with E-state index in [9.17, 15) is 10.1 Å². The molecule has 0 aliphatic rings. The van der Waals surface area contributed by atoms with E-state index in [1.165, 1.54) is 20.9 Å². The van der Waals surface area contributed by atoms with Crippen LogP contribution in [-0.4, -0.2) is 25.8 Å². The molecule has 1 aromatic rings. The van der Waals surface area contributed by atoms with Crippen LogP contribution in [-0.2, 0) is 0 Å². The monoisotopic (exact) mass is 309 g/mol. The number of hydrogen-bond acceptors (Lipinski definition) is 2. The van der Waals surface area contributed by atoms with Crippen molar-refractivity contribution in [2.24, 2.45) is 0 Å². The SMILES string of the molecule is CCCC[Te]c1ccc([N+](=O)[O-])cc1. The number of hydrogen-bond donors (Lipinski definition) is 0. The summed E-state index contributed by atoms with van der Waals surface area (Å²) in [5, 5.41) is 10.4. The Kier molecular flexibility index (Phi) is 4.92. The molecule has 0 radical (unpaired) electrons. The molecule has 0 saturated carbocycles. The van der Waals surface area contributed by atoms with E-state index in [2.05, 4.69) is 6.92 Å². The van der Waals surface area contributed by atoms with Crippen molar-refractivity contribution in [3.8, 4) is 0 Å². The van der Waals surface area contributed by atoms with Gasteiger partial charge in [0.1, 0.15) is 0 Å². The van der Waals surface area contributed by atoms with Gasteiger partial charge in [-0.05, 0) is 0 Å². The van der Waals surface area contributed by atoms with Crippen LogP contribution in [0.4, 0.5) is 5.69 Å². The molecule has 3 nitrogen and oxygen atoms in total. The number of rotatable bonds is 5. The maximum atomic E-state index is 10.4. The first kappa shape index (κ1) is 11.5. The third kappa shape index (κ3) is 3.65. The van der Waals surface area contributed by atoms with Gasteiger partial charge in [0.15, 0.2) is 0 Å². The van der Waals surface area contributed by atoms with Gasteiger partial charge in [0, 0.05) is 0 Å². The molecule has 0 heterocycles. The first-order valence-corrected chi connectivity index (χ1v) is 7.42. The first-order chi connectivity index (χ1) is 6.74. The summed E-state index contributed by atoms with van der Waals surface area (Å²) >= 11 is -0.108. The standard InChI is InChI=1S/C10H13NO2Te/c1-2-3-8-14-10-6-4-9(5-7-10)11(12)13/h4-7H,2-3,8H2,1H3. The molecule has 4 heteroatoms. The summed E-state index contributed by atoms with van der Waals surface area (Å²) in [7, 11) is 0. The number of unbranched alkanes of at least 4 members (excludes halogenated alkanes) is 1. The van der Waals surface area contributed by atoms with Crippen molar-refractivity contribution in [3.63, 3.8) is 0 Å². The predicted octanol–water partition coefficient (Wildman–Crippen LogP) is 2.14. The molecule has 76 valence electrons. The quantitative estimate of drug-likeness (QED) is 0.362. The van der Waals surface area contributed by atoms with Gasteiger partial charge in [0.2, 0.25) is 0 Å². The molecule has 0 bridgehead atoms. The summed E-state index contributed by atoms with van der Waals surface area (Å²) in [6.45, 7) is 2.18. The fraction of sp³-hybridized carbons (Fsp3) is 0.400. The predicted molar refractivity (Wildman–Crippen MR) is 58.2 cm³/mol. The molecule has 0 aliphatic carbocycles. The third-order valence-corrected chi connectivity index (χ3v) is 4.95. The van der Waals surface area contributed by atoms with Gasteiger partial charge in [-0.25, -0.2) is 0 Å². The van der Waals surface area contributed by atoms with E-state index < -0.39 is 0 Å². The van der Waals surface area contributed by atoms with Crippen LogP contribution in [0, 0.1) is 10.1 Å². The summed E-state index contributed by atoms with van der Waals surface area (Å²) in [6, 6.07) is 7.00. The average Bonchev–Trinajstić information content (AvgIpc) is 2.19. The van der Waals surface area contributed by atoms with E-state index in [1.807, 2.05) is 12.1 Å². The summed E-state index contributed by atoms with van der Waals surface area (Å²) in [6.07, 6.45) is 2.51. The Labute approximate surface area is 93.7 Å². The van der Waals surface area contributed by atoms with Crippen LogP contribution in [0.2, 0.25) is 4.47 Å². The molecular weight excluding hydrogens is 294 g/mol. The minimum atomic E-state index is -0.351. The van der Waals surface area contributed by atoms with Crippen LogP contribution in [0.5, 0.6) is 0 Å². The molecule has 0 atom stereocenters. The van der Waals surface area contributed by atoms with Gasteiger partial charge >= 0.3 is 93.8 Å². The molecule has 0 aliphatic heterocycles. The second-order valence-electron chi connectivity index (χ2n) is 2.95. The van der Waals surface area contributed by atoms with Crippen molar-refractivity contribution in [1.29, 1.82) is 0 Å². The number of benzene rings is 1. The van der Waals surface area contributed by atoms with E-state index in [4.69, 9.17) is 0 Å². The topological polar surface area (TPSA) is 43.1 Å². The number of non-ortho nitro benzene ring substituents is 1. The summed E-state index contributed by atoms with van der Waals surface area (Å²) < 4.78 is 2.61. The maximum absolute atomic E-state index is 10.4. The van der Waals surface area contributed by atoms with Gasteiger partial charge in [-0.2, -0.15) is 0 Å². The summed E-state index contributed by atoms with van der Waals surface area (Å²) in [5.74, 6) is 0. The minimum absolute atomic E-state index is 0.108. The zero-order chi connectivity index (χ0) is 10.4. The Morgan fingerprint density at radius 1 is 1.36 bits per heavy atom. The van der Waals surface area contributed by atoms with Gasteiger partial charge in [0.25, 0.3) is 0 Å². The molecular formula is C10H13NO2Te. The van der Waals surface area contributed by atoms with Crippen LogP contribution < -0.4 is 3.61 Å². The Morgan fingerprint density at radius 2 is 2.00 bits per heavy atom. The molecule has 0 fully saturated rings. The van der Waals surface area contributed by atoms with Crippen LogP contribution in [0.25, 0.3) is 0 Å². The van der Waals surface area contributed by atoms with Gasteiger partial charge in [-0.1, -0.05) is 0 Å². The van der Waals surface area contributed by atoms with Gasteiger partial charge < -0.3 is 0 Å². The Hall–Kier alpha value is -0.590. The zero-order valence-electron chi connectivity index (χ0n) is 8.10.